The van der Waals surface area contributed by atoms with Gasteiger partial charge in [-0.3, -0.25) is 0 Å². The monoisotopic (exact) mass is 332 g/mol. The summed E-state index contributed by atoms with van der Waals surface area (Å²) in [7, 11) is -3.35. The summed E-state index contributed by atoms with van der Waals surface area (Å²) in [6.45, 7) is 1.32. The summed E-state index contributed by atoms with van der Waals surface area (Å²) in [6.07, 6.45) is 8.90. The molecule has 1 aromatic carbocycles. The van der Waals surface area contributed by atoms with Gasteiger partial charge < -0.3 is 4.98 Å². The molecule has 1 saturated heterocycles. The maximum atomic E-state index is 12.9. The molecule has 0 bridgehead atoms. The van der Waals surface area contributed by atoms with Crippen LogP contribution in [0.15, 0.2) is 23.1 Å². The third-order valence-corrected chi connectivity index (χ3v) is 7.17. The lowest BCUT2D eigenvalue weighted by molar-refractivity contribution is 0.346. The van der Waals surface area contributed by atoms with Gasteiger partial charge in [0.2, 0.25) is 10.0 Å². The second kappa shape index (κ2) is 5.95. The van der Waals surface area contributed by atoms with Gasteiger partial charge in [0.05, 0.1) is 4.90 Å². The standard InChI is InChI=1S/C18H24N2O2S/c21-23(22,20-11-5-2-6-12-20)14-9-10-18-16(13-14)15-7-3-1-4-8-17(15)19-18/h9-10,13,19H,1-8,11-12H2. The first kappa shape index (κ1) is 15.2. The van der Waals surface area contributed by atoms with Crippen LogP contribution in [0.2, 0.25) is 0 Å². The number of hydrogen-bond acceptors (Lipinski definition) is 2. The molecule has 2 heterocycles. The van der Waals surface area contributed by atoms with Crippen molar-refractivity contribution in [3.63, 3.8) is 0 Å². The number of fused-ring (bicyclic) bond motifs is 3. The molecule has 1 fully saturated rings. The van der Waals surface area contributed by atoms with E-state index in [1.165, 1.54) is 30.5 Å². The average Bonchev–Trinajstić information content (AvgIpc) is 2.76. The fraction of sp³-hybridized carbons (Fsp3) is 0.556. The Kier molecular flexibility index (Phi) is 3.93. The lowest BCUT2D eigenvalue weighted by Crippen LogP contribution is -2.35. The topological polar surface area (TPSA) is 53.2 Å². The molecule has 0 spiro atoms. The van der Waals surface area contributed by atoms with E-state index in [1.807, 2.05) is 12.1 Å². The van der Waals surface area contributed by atoms with Gasteiger partial charge in [-0.25, -0.2) is 8.42 Å². The van der Waals surface area contributed by atoms with Gasteiger partial charge in [0.25, 0.3) is 0 Å². The van der Waals surface area contributed by atoms with Crippen LogP contribution in [0.1, 0.15) is 49.8 Å². The van der Waals surface area contributed by atoms with Gasteiger partial charge in [-0.15, -0.1) is 0 Å². The Morgan fingerprint density at radius 1 is 0.913 bits per heavy atom. The largest absolute Gasteiger partial charge is 0.358 e. The zero-order chi connectivity index (χ0) is 15.9. The Balaban J connectivity index is 1.77. The highest BCUT2D eigenvalue weighted by molar-refractivity contribution is 7.89. The number of hydrogen-bond donors (Lipinski definition) is 1. The summed E-state index contributed by atoms with van der Waals surface area (Å²) in [6, 6.07) is 5.61. The van der Waals surface area contributed by atoms with Gasteiger partial charge in [-0.2, -0.15) is 4.31 Å². The first-order valence-electron chi connectivity index (χ1n) is 8.80. The highest BCUT2D eigenvalue weighted by atomic mass is 32.2. The predicted molar refractivity (Wildman–Crippen MR) is 92.2 cm³/mol. The van der Waals surface area contributed by atoms with Crippen molar-refractivity contribution in [2.24, 2.45) is 0 Å². The maximum Gasteiger partial charge on any atom is 0.243 e. The minimum atomic E-state index is -3.35. The molecule has 1 aromatic heterocycles. The maximum absolute atomic E-state index is 12.9. The minimum absolute atomic E-state index is 0.456. The van der Waals surface area contributed by atoms with Gasteiger partial charge in [0.15, 0.2) is 0 Å². The molecule has 23 heavy (non-hydrogen) atoms. The van der Waals surface area contributed by atoms with E-state index in [4.69, 9.17) is 0 Å². The molecule has 1 N–H and O–H groups in total. The zero-order valence-corrected chi connectivity index (χ0v) is 14.3. The average molecular weight is 332 g/mol. The van der Waals surface area contributed by atoms with Crippen molar-refractivity contribution in [2.75, 3.05) is 13.1 Å². The van der Waals surface area contributed by atoms with Gasteiger partial charge >= 0.3 is 0 Å². The molecule has 5 heteroatoms. The Hall–Kier alpha value is -1.33. The van der Waals surface area contributed by atoms with Crippen molar-refractivity contribution >= 4 is 20.9 Å². The van der Waals surface area contributed by atoms with E-state index in [0.717, 1.165) is 43.0 Å². The first-order chi connectivity index (χ1) is 11.2. The highest BCUT2D eigenvalue weighted by Gasteiger charge is 2.26. The van der Waals surface area contributed by atoms with Crippen LogP contribution in [0.3, 0.4) is 0 Å². The molecular formula is C18H24N2O2S. The number of piperidine rings is 1. The van der Waals surface area contributed by atoms with Crippen molar-refractivity contribution in [1.29, 1.82) is 0 Å². The minimum Gasteiger partial charge on any atom is -0.358 e. The van der Waals surface area contributed by atoms with Crippen LogP contribution in [0.25, 0.3) is 10.9 Å². The van der Waals surface area contributed by atoms with E-state index in [9.17, 15) is 8.42 Å². The third kappa shape index (κ3) is 2.70. The van der Waals surface area contributed by atoms with E-state index in [-0.39, 0.29) is 0 Å². The summed E-state index contributed by atoms with van der Waals surface area (Å²) < 4.78 is 27.5. The molecule has 0 radical (unpaired) electrons. The van der Waals surface area contributed by atoms with E-state index < -0.39 is 10.0 Å². The van der Waals surface area contributed by atoms with Crippen LogP contribution < -0.4 is 0 Å². The number of benzene rings is 1. The predicted octanol–water partition coefficient (Wildman–Crippen LogP) is 3.61. The van der Waals surface area contributed by atoms with Crippen LogP contribution >= 0.6 is 0 Å². The van der Waals surface area contributed by atoms with E-state index in [2.05, 4.69) is 4.98 Å². The number of nitrogens with zero attached hydrogens (tertiary/aromatic N) is 1. The molecule has 1 aliphatic heterocycles. The van der Waals surface area contributed by atoms with Crippen LogP contribution in [0.4, 0.5) is 0 Å². The highest BCUT2D eigenvalue weighted by Crippen LogP contribution is 2.31. The van der Waals surface area contributed by atoms with E-state index in [0.29, 0.717) is 18.0 Å². The number of aromatic nitrogens is 1. The van der Waals surface area contributed by atoms with Gasteiger partial charge in [0.1, 0.15) is 0 Å². The number of H-pyrrole nitrogens is 1. The fourth-order valence-electron chi connectivity index (χ4n) is 3.98. The van der Waals surface area contributed by atoms with Crippen molar-refractivity contribution in [1.82, 2.24) is 9.29 Å². The van der Waals surface area contributed by atoms with Crippen molar-refractivity contribution in [3.05, 3.63) is 29.5 Å². The summed E-state index contributed by atoms with van der Waals surface area (Å²) >= 11 is 0. The molecule has 124 valence electrons. The SMILES string of the molecule is O=S(=O)(c1ccc2[nH]c3c(c2c1)CCCCC3)N1CCCCC1. The number of rotatable bonds is 2. The second-order valence-corrected chi connectivity index (χ2v) is 8.75. The number of aryl methyl sites for hydroxylation is 2. The zero-order valence-electron chi connectivity index (χ0n) is 13.5. The molecule has 0 unspecified atom stereocenters. The molecule has 2 aromatic rings. The van der Waals surface area contributed by atoms with Crippen LogP contribution in [-0.2, 0) is 22.9 Å². The molecule has 0 amide bonds. The van der Waals surface area contributed by atoms with Crippen LogP contribution in [0, 0.1) is 0 Å². The number of nitrogens with one attached hydrogen (secondary N) is 1. The first-order valence-corrected chi connectivity index (χ1v) is 10.2. The molecule has 1 aliphatic carbocycles. The Labute approximate surface area is 137 Å². The molecule has 0 atom stereocenters. The van der Waals surface area contributed by atoms with Crippen LogP contribution in [0.5, 0.6) is 0 Å². The van der Waals surface area contributed by atoms with E-state index in [1.54, 1.807) is 10.4 Å². The summed E-state index contributed by atoms with van der Waals surface area (Å²) in [5.41, 5.74) is 3.73. The van der Waals surface area contributed by atoms with Gasteiger partial charge in [-0.1, -0.05) is 12.8 Å². The number of sulfonamides is 1. The van der Waals surface area contributed by atoms with Crippen molar-refractivity contribution in [2.45, 2.75) is 56.3 Å². The molecule has 2 aliphatic rings. The summed E-state index contributed by atoms with van der Waals surface area (Å²) in [4.78, 5) is 3.96. The fourth-order valence-corrected chi connectivity index (χ4v) is 5.52. The molecule has 4 nitrogen and oxygen atoms in total. The van der Waals surface area contributed by atoms with Gasteiger partial charge in [0, 0.05) is 29.7 Å². The summed E-state index contributed by atoms with van der Waals surface area (Å²) in [5, 5.41) is 1.11. The quantitative estimate of drug-likeness (QED) is 0.854. The Bertz CT molecular complexity index is 817. The lowest BCUT2D eigenvalue weighted by Gasteiger charge is -2.25. The Morgan fingerprint density at radius 2 is 1.65 bits per heavy atom. The Morgan fingerprint density at radius 3 is 2.48 bits per heavy atom. The van der Waals surface area contributed by atoms with Crippen molar-refractivity contribution in [3.8, 4) is 0 Å². The lowest BCUT2D eigenvalue weighted by atomic mass is 10.1. The second-order valence-electron chi connectivity index (χ2n) is 6.81. The van der Waals surface area contributed by atoms with E-state index >= 15 is 0 Å². The number of aromatic amines is 1. The molecular weight excluding hydrogens is 308 g/mol. The molecule has 4 rings (SSSR count). The smallest absolute Gasteiger partial charge is 0.243 e. The molecule has 0 saturated carbocycles. The van der Waals surface area contributed by atoms with Crippen LogP contribution in [-0.4, -0.2) is 30.8 Å². The summed E-state index contributed by atoms with van der Waals surface area (Å²) in [5.74, 6) is 0. The van der Waals surface area contributed by atoms with Crippen molar-refractivity contribution < 1.29 is 8.42 Å². The normalized spacial score (nSPS) is 20.3. The third-order valence-electron chi connectivity index (χ3n) is 5.27. The van der Waals surface area contributed by atoms with Gasteiger partial charge in [-0.05, 0) is 62.3 Å².